The molecule has 2 aromatic carbocycles. The molecule has 0 saturated heterocycles. The topological polar surface area (TPSA) is 55.4 Å². The van der Waals surface area contributed by atoms with Crippen LogP contribution in [-0.4, -0.2) is 18.8 Å². The van der Waals surface area contributed by atoms with E-state index in [0.29, 0.717) is 22.6 Å². The van der Waals surface area contributed by atoms with Crippen molar-refractivity contribution in [3.8, 4) is 5.75 Å². The van der Waals surface area contributed by atoms with Gasteiger partial charge in [-0.25, -0.2) is 0 Å². The molecule has 0 bridgehead atoms. The van der Waals surface area contributed by atoms with Crippen LogP contribution in [0.2, 0.25) is 0 Å². The number of amides is 1. The van der Waals surface area contributed by atoms with Crippen LogP contribution in [0.5, 0.6) is 5.75 Å². The zero-order chi connectivity index (χ0) is 22.1. The summed E-state index contributed by atoms with van der Waals surface area (Å²) in [5.41, 5.74) is 4.28. The SMILES string of the molecule is C=CC(/C(=C/c1cccc(NC(=O)c2ccc(OC)cc2)c1)C(C)=O)=C(C)\C=C/C. The van der Waals surface area contributed by atoms with E-state index < -0.39 is 0 Å². The van der Waals surface area contributed by atoms with Gasteiger partial charge in [0, 0.05) is 16.8 Å². The molecule has 154 valence electrons. The molecule has 2 aromatic rings. The van der Waals surface area contributed by atoms with E-state index in [1.165, 1.54) is 6.92 Å². The molecule has 30 heavy (non-hydrogen) atoms. The Bertz CT molecular complexity index is 1020. The molecule has 0 radical (unpaired) electrons. The number of carbonyl (C=O) groups is 2. The number of ketones is 1. The molecule has 0 aliphatic carbocycles. The second-order valence-electron chi connectivity index (χ2n) is 6.72. The predicted molar refractivity (Wildman–Crippen MR) is 124 cm³/mol. The molecular formula is C26H27NO3. The van der Waals surface area contributed by atoms with Crippen molar-refractivity contribution in [3.63, 3.8) is 0 Å². The van der Waals surface area contributed by atoms with E-state index in [2.05, 4.69) is 11.9 Å². The van der Waals surface area contributed by atoms with E-state index in [-0.39, 0.29) is 11.7 Å². The molecule has 1 N–H and O–H groups in total. The lowest BCUT2D eigenvalue weighted by Gasteiger charge is -2.10. The highest BCUT2D eigenvalue weighted by Gasteiger charge is 2.11. The fraction of sp³-hybridized carbons (Fsp3) is 0.154. The summed E-state index contributed by atoms with van der Waals surface area (Å²) < 4.78 is 5.12. The average molecular weight is 402 g/mol. The molecule has 0 atom stereocenters. The Morgan fingerprint density at radius 1 is 1.07 bits per heavy atom. The number of carbonyl (C=O) groups excluding carboxylic acids is 2. The van der Waals surface area contributed by atoms with Gasteiger partial charge in [0.15, 0.2) is 5.78 Å². The van der Waals surface area contributed by atoms with Crippen LogP contribution in [0.25, 0.3) is 6.08 Å². The number of anilines is 1. The highest BCUT2D eigenvalue weighted by Crippen LogP contribution is 2.23. The molecule has 1 amide bonds. The number of nitrogens with one attached hydrogen (secondary N) is 1. The summed E-state index contributed by atoms with van der Waals surface area (Å²) in [5, 5.41) is 2.89. The molecule has 0 fully saturated rings. The quantitative estimate of drug-likeness (QED) is 0.436. The lowest BCUT2D eigenvalue weighted by atomic mass is 9.95. The fourth-order valence-corrected chi connectivity index (χ4v) is 3.01. The second-order valence-corrected chi connectivity index (χ2v) is 6.72. The summed E-state index contributed by atoms with van der Waals surface area (Å²) in [5.74, 6) is 0.414. The molecule has 0 aliphatic heterocycles. The molecule has 0 aliphatic rings. The molecule has 4 nitrogen and oxygen atoms in total. The van der Waals surface area contributed by atoms with E-state index in [4.69, 9.17) is 4.74 Å². The molecule has 0 aromatic heterocycles. The van der Waals surface area contributed by atoms with Gasteiger partial charge in [-0.2, -0.15) is 0 Å². The summed E-state index contributed by atoms with van der Waals surface area (Å²) in [6.07, 6.45) is 7.37. The van der Waals surface area contributed by atoms with Gasteiger partial charge < -0.3 is 10.1 Å². The molecule has 0 saturated carbocycles. The van der Waals surface area contributed by atoms with Crippen molar-refractivity contribution in [1.82, 2.24) is 0 Å². The van der Waals surface area contributed by atoms with Crippen LogP contribution >= 0.6 is 0 Å². The number of benzene rings is 2. The first-order valence-corrected chi connectivity index (χ1v) is 9.64. The molecule has 0 spiro atoms. The van der Waals surface area contributed by atoms with Crippen LogP contribution in [-0.2, 0) is 4.79 Å². The first kappa shape index (κ1) is 22.6. The Balaban J connectivity index is 2.34. The first-order chi connectivity index (χ1) is 14.4. The third kappa shape index (κ3) is 5.92. The summed E-state index contributed by atoms with van der Waals surface area (Å²) in [7, 11) is 1.58. The normalized spacial score (nSPS) is 12.3. The van der Waals surface area contributed by atoms with Crippen molar-refractivity contribution in [2.75, 3.05) is 12.4 Å². The van der Waals surface area contributed by atoms with E-state index in [1.807, 2.05) is 56.3 Å². The zero-order valence-corrected chi connectivity index (χ0v) is 17.9. The molecule has 4 heteroatoms. The second kappa shape index (κ2) is 10.8. The largest absolute Gasteiger partial charge is 0.497 e. The fourth-order valence-electron chi connectivity index (χ4n) is 3.01. The molecular weight excluding hydrogens is 374 g/mol. The lowest BCUT2D eigenvalue weighted by Crippen LogP contribution is -2.11. The minimum absolute atomic E-state index is 0.0542. The van der Waals surface area contributed by atoms with E-state index in [0.717, 1.165) is 16.7 Å². The van der Waals surface area contributed by atoms with Crippen LogP contribution in [0.1, 0.15) is 36.7 Å². The van der Waals surface area contributed by atoms with Crippen molar-refractivity contribution in [1.29, 1.82) is 0 Å². The lowest BCUT2D eigenvalue weighted by molar-refractivity contribution is -0.113. The van der Waals surface area contributed by atoms with Crippen LogP contribution in [0, 0.1) is 0 Å². The first-order valence-electron chi connectivity index (χ1n) is 9.64. The van der Waals surface area contributed by atoms with Crippen molar-refractivity contribution in [2.45, 2.75) is 20.8 Å². The Labute approximate surface area is 178 Å². The number of hydrogen-bond donors (Lipinski definition) is 1. The van der Waals surface area contributed by atoms with Crippen LogP contribution < -0.4 is 10.1 Å². The number of ether oxygens (including phenoxy) is 1. The van der Waals surface area contributed by atoms with Gasteiger partial charge in [0.25, 0.3) is 5.91 Å². The van der Waals surface area contributed by atoms with E-state index in [1.54, 1.807) is 37.5 Å². The monoisotopic (exact) mass is 401 g/mol. The van der Waals surface area contributed by atoms with Gasteiger partial charge in [-0.3, -0.25) is 9.59 Å². The standard InChI is InChI=1S/C26H27NO3/c1-6-9-18(3)24(7-2)25(19(4)28)17-20-10-8-11-22(16-20)27-26(29)21-12-14-23(30-5)15-13-21/h6-17H,2H2,1,3-5H3,(H,27,29)/b9-6-,24-18+,25-17+. The maximum Gasteiger partial charge on any atom is 0.255 e. The summed E-state index contributed by atoms with van der Waals surface area (Å²) in [4.78, 5) is 24.8. The van der Waals surface area contributed by atoms with Crippen molar-refractivity contribution >= 4 is 23.5 Å². The zero-order valence-electron chi connectivity index (χ0n) is 17.9. The van der Waals surface area contributed by atoms with Crippen LogP contribution in [0.4, 0.5) is 5.69 Å². The Hall–Kier alpha value is -3.66. The summed E-state index contributed by atoms with van der Waals surface area (Å²) in [6, 6.07) is 14.2. The maximum absolute atomic E-state index is 12.5. The Morgan fingerprint density at radius 3 is 2.33 bits per heavy atom. The van der Waals surface area contributed by atoms with Gasteiger partial charge in [0.05, 0.1) is 7.11 Å². The van der Waals surface area contributed by atoms with Crippen molar-refractivity contribution < 1.29 is 14.3 Å². The van der Waals surface area contributed by atoms with Gasteiger partial charge in [0.1, 0.15) is 5.75 Å². The van der Waals surface area contributed by atoms with E-state index >= 15 is 0 Å². The highest BCUT2D eigenvalue weighted by molar-refractivity contribution is 6.05. The summed E-state index contributed by atoms with van der Waals surface area (Å²) >= 11 is 0. The number of Topliss-reactive ketones (excluding diaryl/α,β-unsaturated/α-hetero) is 1. The maximum atomic E-state index is 12.5. The van der Waals surface area contributed by atoms with Gasteiger partial charge >= 0.3 is 0 Å². The van der Waals surface area contributed by atoms with E-state index in [9.17, 15) is 9.59 Å². The van der Waals surface area contributed by atoms with Gasteiger partial charge in [-0.1, -0.05) is 36.9 Å². The smallest absolute Gasteiger partial charge is 0.255 e. The molecule has 0 unspecified atom stereocenters. The number of hydrogen-bond acceptors (Lipinski definition) is 3. The Morgan fingerprint density at radius 2 is 1.77 bits per heavy atom. The minimum atomic E-state index is -0.221. The van der Waals surface area contributed by atoms with Crippen molar-refractivity contribution in [2.24, 2.45) is 0 Å². The number of rotatable bonds is 8. The van der Waals surface area contributed by atoms with Crippen molar-refractivity contribution in [3.05, 3.63) is 101 Å². The van der Waals surface area contributed by atoms with Gasteiger partial charge in [-0.05, 0) is 80.0 Å². The average Bonchev–Trinajstić information content (AvgIpc) is 2.74. The number of methoxy groups -OCH3 is 1. The third-order valence-electron chi connectivity index (χ3n) is 4.52. The van der Waals surface area contributed by atoms with Crippen LogP contribution in [0.3, 0.4) is 0 Å². The summed E-state index contributed by atoms with van der Waals surface area (Å²) in [6.45, 7) is 9.27. The van der Waals surface area contributed by atoms with Crippen LogP contribution in [0.15, 0.2) is 90.1 Å². The molecule has 0 heterocycles. The molecule has 2 rings (SSSR count). The highest BCUT2D eigenvalue weighted by atomic mass is 16.5. The number of allylic oxidation sites excluding steroid dienone is 6. The Kier molecular flexibility index (Phi) is 8.12. The van der Waals surface area contributed by atoms with Gasteiger partial charge in [-0.15, -0.1) is 0 Å². The third-order valence-corrected chi connectivity index (χ3v) is 4.52. The predicted octanol–water partition coefficient (Wildman–Crippen LogP) is 6.00. The van der Waals surface area contributed by atoms with Gasteiger partial charge in [0.2, 0.25) is 0 Å². The minimum Gasteiger partial charge on any atom is -0.497 e.